The minimum atomic E-state index is 1.04. The Morgan fingerprint density at radius 3 is 2.35 bits per heavy atom. The molecule has 20 heavy (non-hydrogen) atoms. The van der Waals surface area contributed by atoms with E-state index in [0.717, 1.165) is 12.5 Å². The van der Waals surface area contributed by atoms with Gasteiger partial charge in [-0.2, -0.15) is 0 Å². The number of hydrogen-bond acceptors (Lipinski definition) is 3. The van der Waals surface area contributed by atoms with Crippen molar-refractivity contribution in [2.24, 2.45) is 5.92 Å². The maximum Gasteiger partial charge on any atom is 0.0340 e. The van der Waals surface area contributed by atoms with Gasteiger partial charge in [0.2, 0.25) is 0 Å². The van der Waals surface area contributed by atoms with Gasteiger partial charge in [-0.3, -0.25) is 0 Å². The van der Waals surface area contributed by atoms with Gasteiger partial charge in [-0.25, -0.2) is 0 Å². The Labute approximate surface area is 123 Å². The van der Waals surface area contributed by atoms with Crippen LogP contribution in [0.5, 0.6) is 0 Å². The molecule has 1 aromatic rings. The number of rotatable bonds is 7. The Morgan fingerprint density at radius 2 is 1.65 bits per heavy atom. The van der Waals surface area contributed by atoms with E-state index in [1.165, 1.54) is 64.2 Å². The number of piperazine rings is 1. The quantitative estimate of drug-likeness (QED) is 0.770. The van der Waals surface area contributed by atoms with E-state index in [4.69, 9.17) is 0 Å². The van der Waals surface area contributed by atoms with Crippen molar-refractivity contribution in [1.82, 2.24) is 9.80 Å². The third kappa shape index (κ3) is 4.50. The normalized spacial score (nSPS) is 21.0. The van der Waals surface area contributed by atoms with Crippen LogP contribution in [0, 0.1) is 5.92 Å². The first-order chi connectivity index (χ1) is 9.90. The Balaban J connectivity index is 1.26. The zero-order valence-corrected chi connectivity index (χ0v) is 12.4. The first-order valence-electron chi connectivity index (χ1n) is 8.14. The number of benzene rings is 1. The van der Waals surface area contributed by atoms with Crippen molar-refractivity contribution >= 4 is 5.69 Å². The average Bonchev–Trinajstić information content (AvgIpc) is 3.30. The number of hydrogen-bond donors (Lipinski definition) is 1. The third-order valence-electron chi connectivity index (χ3n) is 4.43. The highest BCUT2D eigenvalue weighted by atomic mass is 15.3. The van der Waals surface area contributed by atoms with Gasteiger partial charge in [0.05, 0.1) is 0 Å². The summed E-state index contributed by atoms with van der Waals surface area (Å²) in [6, 6.07) is 10.5. The molecule has 3 rings (SSSR count). The molecule has 0 bridgehead atoms. The topological polar surface area (TPSA) is 18.5 Å². The Hall–Kier alpha value is -1.06. The fourth-order valence-electron chi connectivity index (χ4n) is 2.95. The monoisotopic (exact) mass is 273 g/mol. The number of anilines is 1. The van der Waals surface area contributed by atoms with Crippen LogP contribution in [0.15, 0.2) is 30.3 Å². The van der Waals surface area contributed by atoms with Gasteiger partial charge in [-0.1, -0.05) is 18.2 Å². The van der Waals surface area contributed by atoms with Gasteiger partial charge < -0.3 is 15.1 Å². The molecule has 2 aliphatic rings. The molecule has 2 fully saturated rings. The lowest BCUT2D eigenvalue weighted by Crippen LogP contribution is -2.47. The molecule has 110 valence electrons. The van der Waals surface area contributed by atoms with Crippen LogP contribution in [0.25, 0.3) is 0 Å². The smallest absolute Gasteiger partial charge is 0.0340 e. The van der Waals surface area contributed by atoms with Crippen LogP contribution in [-0.2, 0) is 0 Å². The Morgan fingerprint density at radius 1 is 0.950 bits per heavy atom. The predicted molar refractivity (Wildman–Crippen MR) is 85.2 cm³/mol. The highest BCUT2D eigenvalue weighted by Crippen LogP contribution is 2.29. The summed E-state index contributed by atoms with van der Waals surface area (Å²) in [5.74, 6) is 1.04. The molecule has 1 saturated heterocycles. The molecular weight excluding hydrogens is 246 g/mol. The molecule has 0 unspecified atom stereocenters. The predicted octanol–water partition coefficient (Wildman–Crippen LogP) is 2.52. The van der Waals surface area contributed by atoms with E-state index in [1.54, 1.807) is 0 Å². The lowest BCUT2D eigenvalue weighted by molar-refractivity contribution is 0.128. The van der Waals surface area contributed by atoms with Crippen LogP contribution in [0.2, 0.25) is 0 Å². The molecule has 0 amide bonds. The summed E-state index contributed by atoms with van der Waals surface area (Å²) in [5.41, 5.74) is 1.24. The van der Waals surface area contributed by atoms with E-state index in [0.29, 0.717) is 0 Å². The van der Waals surface area contributed by atoms with E-state index >= 15 is 0 Å². The molecular formula is C17H27N3. The second kappa shape index (κ2) is 7.09. The lowest BCUT2D eigenvalue weighted by Gasteiger charge is -2.34. The van der Waals surface area contributed by atoms with Crippen molar-refractivity contribution in [3.8, 4) is 0 Å². The van der Waals surface area contributed by atoms with Gasteiger partial charge in [-0.05, 0) is 43.9 Å². The van der Waals surface area contributed by atoms with Gasteiger partial charge in [0.25, 0.3) is 0 Å². The Bertz CT molecular complexity index is 380. The van der Waals surface area contributed by atoms with Crippen LogP contribution in [0.3, 0.4) is 0 Å². The SMILES string of the molecule is c1ccc(NCCCN2CCN(CC3CC3)CC2)cc1. The average molecular weight is 273 g/mol. The minimum Gasteiger partial charge on any atom is -0.385 e. The molecule has 1 aliphatic carbocycles. The fourth-order valence-corrected chi connectivity index (χ4v) is 2.95. The maximum atomic E-state index is 3.49. The van der Waals surface area contributed by atoms with Crippen molar-refractivity contribution in [1.29, 1.82) is 0 Å². The van der Waals surface area contributed by atoms with E-state index in [1.807, 2.05) is 0 Å². The highest BCUT2D eigenvalue weighted by molar-refractivity contribution is 5.42. The van der Waals surface area contributed by atoms with E-state index in [2.05, 4.69) is 45.4 Å². The summed E-state index contributed by atoms with van der Waals surface area (Å²) >= 11 is 0. The van der Waals surface area contributed by atoms with Gasteiger partial charge in [0.1, 0.15) is 0 Å². The van der Waals surface area contributed by atoms with Crippen LogP contribution < -0.4 is 5.32 Å². The lowest BCUT2D eigenvalue weighted by atomic mass is 10.2. The van der Waals surface area contributed by atoms with Crippen molar-refractivity contribution in [3.05, 3.63) is 30.3 Å². The molecule has 0 aromatic heterocycles. The van der Waals surface area contributed by atoms with Crippen LogP contribution in [0.1, 0.15) is 19.3 Å². The zero-order valence-electron chi connectivity index (χ0n) is 12.4. The summed E-state index contributed by atoms with van der Waals surface area (Å²) in [7, 11) is 0. The van der Waals surface area contributed by atoms with Crippen molar-refractivity contribution < 1.29 is 0 Å². The van der Waals surface area contributed by atoms with Gasteiger partial charge in [-0.15, -0.1) is 0 Å². The molecule has 1 N–H and O–H groups in total. The van der Waals surface area contributed by atoms with Crippen LogP contribution in [-0.4, -0.2) is 55.6 Å². The third-order valence-corrected chi connectivity index (χ3v) is 4.43. The second-order valence-corrected chi connectivity index (χ2v) is 6.23. The van der Waals surface area contributed by atoms with Gasteiger partial charge in [0.15, 0.2) is 0 Å². The first kappa shape index (κ1) is 13.9. The van der Waals surface area contributed by atoms with E-state index < -0.39 is 0 Å². The molecule has 3 heteroatoms. The fraction of sp³-hybridized carbons (Fsp3) is 0.647. The molecule has 1 heterocycles. The Kier molecular flexibility index (Phi) is 4.93. The second-order valence-electron chi connectivity index (χ2n) is 6.23. The molecule has 0 atom stereocenters. The standard InChI is InChI=1S/C17H27N3/c1-2-5-17(6-3-1)18-9-4-10-19-11-13-20(14-12-19)15-16-7-8-16/h1-3,5-6,16,18H,4,7-15H2. The molecule has 1 aromatic carbocycles. The van der Waals surface area contributed by atoms with Gasteiger partial charge >= 0.3 is 0 Å². The molecule has 0 radical (unpaired) electrons. The molecule has 0 spiro atoms. The maximum absolute atomic E-state index is 3.49. The molecule has 3 nitrogen and oxygen atoms in total. The summed E-state index contributed by atoms with van der Waals surface area (Å²) < 4.78 is 0. The highest BCUT2D eigenvalue weighted by Gasteiger charge is 2.26. The van der Waals surface area contributed by atoms with Crippen LogP contribution >= 0.6 is 0 Å². The van der Waals surface area contributed by atoms with E-state index in [-0.39, 0.29) is 0 Å². The number of para-hydroxylation sites is 1. The summed E-state index contributed by atoms with van der Waals surface area (Å²) in [6.45, 7) is 8.76. The summed E-state index contributed by atoms with van der Waals surface area (Å²) in [6.07, 6.45) is 4.19. The summed E-state index contributed by atoms with van der Waals surface area (Å²) in [4.78, 5) is 5.28. The molecule has 1 aliphatic heterocycles. The van der Waals surface area contributed by atoms with Crippen LogP contribution in [0.4, 0.5) is 5.69 Å². The van der Waals surface area contributed by atoms with Crippen molar-refractivity contribution in [3.63, 3.8) is 0 Å². The number of nitrogens with zero attached hydrogens (tertiary/aromatic N) is 2. The van der Waals surface area contributed by atoms with Crippen molar-refractivity contribution in [2.45, 2.75) is 19.3 Å². The minimum absolute atomic E-state index is 1.04. The van der Waals surface area contributed by atoms with Crippen molar-refractivity contribution in [2.75, 3.05) is 51.1 Å². The number of nitrogens with one attached hydrogen (secondary N) is 1. The summed E-state index contributed by atoms with van der Waals surface area (Å²) in [5, 5.41) is 3.49. The molecule has 1 saturated carbocycles. The largest absolute Gasteiger partial charge is 0.385 e. The first-order valence-corrected chi connectivity index (χ1v) is 8.14. The van der Waals surface area contributed by atoms with Gasteiger partial charge in [0, 0.05) is 45.0 Å². The zero-order chi connectivity index (χ0) is 13.6. The van der Waals surface area contributed by atoms with E-state index in [9.17, 15) is 0 Å².